The largest absolute Gasteiger partial charge is 0.493 e. The van der Waals surface area contributed by atoms with Crippen LogP contribution in [0.15, 0.2) is 41.5 Å². The Morgan fingerprint density at radius 3 is 2.76 bits per heavy atom. The molecule has 1 aromatic heterocycles. The van der Waals surface area contributed by atoms with Gasteiger partial charge < -0.3 is 9.47 Å². The second kappa shape index (κ2) is 9.91. The summed E-state index contributed by atoms with van der Waals surface area (Å²) in [6.45, 7) is 2.37. The molecule has 29 heavy (non-hydrogen) atoms. The first-order valence-corrected chi connectivity index (χ1v) is 10.1. The van der Waals surface area contributed by atoms with Crippen LogP contribution < -0.4 is 9.47 Å². The zero-order valence-corrected chi connectivity index (χ0v) is 18.3. The van der Waals surface area contributed by atoms with E-state index < -0.39 is 0 Å². The number of halogens is 2. The molecule has 2 aromatic carbocycles. The number of benzene rings is 2. The molecule has 6 nitrogen and oxygen atoms in total. The third kappa shape index (κ3) is 5.38. The number of rotatable bonds is 8. The molecule has 3 rings (SSSR count). The van der Waals surface area contributed by atoms with Crippen LogP contribution in [0.2, 0.25) is 10.0 Å². The Morgan fingerprint density at radius 2 is 2.03 bits per heavy atom. The monoisotopic (exact) mass is 450 g/mol. The molecule has 1 heterocycles. The molecule has 3 aromatic rings. The molecular formula is C20H20Cl2N4O2S. The predicted octanol–water partition coefficient (Wildman–Crippen LogP) is 5.67. The Hall–Kier alpha value is -2.35. The number of aryl methyl sites for hydroxylation is 1. The van der Waals surface area contributed by atoms with Gasteiger partial charge in [-0.15, -0.1) is 0 Å². The molecule has 0 aliphatic heterocycles. The van der Waals surface area contributed by atoms with Crippen LogP contribution in [0.1, 0.15) is 30.3 Å². The van der Waals surface area contributed by atoms with Crippen LogP contribution >= 0.6 is 35.4 Å². The number of methoxy groups -OCH3 is 1. The van der Waals surface area contributed by atoms with Crippen molar-refractivity contribution >= 4 is 41.6 Å². The van der Waals surface area contributed by atoms with Gasteiger partial charge in [0.1, 0.15) is 6.61 Å². The van der Waals surface area contributed by atoms with E-state index in [2.05, 4.69) is 22.2 Å². The highest BCUT2D eigenvalue weighted by molar-refractivity contribution is 7.71. The van der Waals surface area contributed by atoms with Crippen LogP contribution in [-0.4, -0.2) is 28.2 Å². The van der Waals surface area contributed by atoms with E-state index >= 15 is 0 Å². The molecule has 1 N–H and O–H groups in total. The minimum atomic E-state index is 0.296. The lowest BCUT2D eigenvalue weighted by molar-refractivity contribution is 0.284. The summed E-state index contributed by atoms with van der Waals surface area (Å²) < 4.78 is 13.4. The average Bonchev–Trinajstić information content (AvgIpc) is 3.05. The summed E-state index contributed by atoms with van der Waals surface area (Å²) in [6, 6.07) is 10.8. The minimum absolute atomic E-state index is 0.296. The minimum Gasteiger partial charge on any atom is -0.493 e. The van der Waals surface area contributed by atoms with Gasteiger partial charge in [-0.1, -0.05) is 36.2 Å². The molecule has 0 aliphatic carbocycles. The average molecular weight is 451 g/mol. The first-order valence-electron chi connectivity index (χ1n) is 8.97. The number of hydrogen-bond acceptors (Lipinski definition) is 5. The van der Waals surface area contributed by atoms with Gasteiger partial charge in [0.2, 0.25) is 4.77 Å². The number of nitrogens with one attached hydrogen (secondary N) is 1. The number of hydrogen-bond donors (Lipinski definition) is 1. The molecule has 152 valence electrons. The van der Waals surface area contributed by atoms with Crippen LogP contribution in [0.5, 0.6) is 11.5 Å². The van der Waals surface area contributed by atoms with Crippen molar-refractivity contribution in [3.8, 4) is 11.5 Å². The topological polar surface area (TPSA) is 64.4 Å². The summed E-state index contributed by atoms with van der Waals surface area (Å²) in [5.74, 6) is 1.98. The number of aromatic nitrogens is 3. The number of nitrogens with zero attached hydrogens (tertiary/aromatic N) is 3. The zero-order valence-electron chi connectivity index (χ0n) is 16.0. The van der Waals surface area contributed by atoms with Gasteiger partial charge in [-0.05, 0) is 54.5 Å². The van der Waals surface area contributed by atoms with Crippen molar-refractivity contribution in [2.75, 3.05) is 7.11 Å². The Balaban J connectivity index is 1.76. The second-order valence-electron chi connectivity index (χ2n) is 6.19. The molecule has 0 fully saturated rings. The summed E-state index contributed by atoms with van der Waals surface area (Å²) in [5, 5.41) is 12.5. The van der Waals surface area contributed by atoms with Crippen molar-refractivity contribution in [3.63, 3.8) is 0 Å². The highest BCUT2D eigenvalue weighted by atomic mass is 35.5. The van der Waals surface area contributed by atoms with Gasteiger partial charge in [0.15, 0.2) is 17.3 Å². The molecule has 0 unspecified atom stereocenters. The van der Waals surface area contributed by atoms with Gasteiger partial charge in [-0.25, -0.2) is 0 Å². The molecule has 0 saturated heterocycles. The lowest BCUT2D eigenvalue weighted by Gasteiger charge is -2.12. The highest BCUT2D eigenvalue weighted by Crippen LogP contribution is 2.29. The standard InChI is InChI=1S/C20H20Cl2N4O2S/c1-3-4-19-24-25-20(29)26(19)23-11-13-5-8-17(18(9-13)27-2)28-12-14-6-7-15(21)10-16(14)22/h5-11H,3-4,12H2,1-2H3,(H,25,29)/b23-11+. The lowest BCUT2D eigenvalue weighted by Crippen LogP contribution is -2.00. The van der Waals surface area contributed by atoms with Crippen LogP contribution in [0.3, 0.4) is 0 Å². The van der Waals surface area contributed by atoms with E-state index in [0.717, 1.165) is 29.8 Å². The normalized spacial score (nSPS) is 11.2. The van der Waals surface area contributed by atoms with Crippen molar-refractivity contribution in [2.45, 2.75) is 26.4 Å². The molecular weight excluding hydrogens is 431 g/mol. The van der Waals surface area contributed by atoms with Crippen molar-refractivity contribution < 1.29 is 9.47 Å². The van der Waals surface area contributed by atoms with E-state index in [4.69, 9.17) is 44.9 Å². The van der Waals surface area contributed by atoms with Crippen LogP contribution in [0, 0.1) is 4.77 Å². The molecule has 0 bridgehead atoms. The van der Waals surface area contributed by atoms with Crippen LogP contribution in [0.4, 0.5) is 0 Å². The molecule has 0 atom stereocenters. The third-order valence-corrected chi connectivity index (χ3v) is 4.95. The summed E-state index contributed by atoms with van der Waals surface area (Å²) >= 11 is 17.4. The second-order valence-corrected chi connectivity index (χ2v) is 7.42. The fourth-order valence-electron chi connectivity index (χ4n) is 2.63. The van der Waals surface area contributed by atoms with Gasteiger partial charge in [-0.3, -0.25) is 5.10 Å². The lowest BCUT2D eigenvalue weighted by atomic mass is 10.2. The van der Waals surface area contributed by atoms with E-state index in [1.165, 1.54) is 0 Å². The van der Waals surface area contributed by atoms with E-state index in [1.807, 2.05) is 24.3 Å². The maximum Gasteiger partial charge on any atom is 0.216 e. The molecule has 0 radical (unpaired) electrons. The van der Waals surface area contributed by atoms with Gasteiger partial charge in [0.25, 0.3) is 0 Å². The van der Waals surface area contributed by atoms with E-state index in [9.17, 15) is 0 Å². The first-order chi connectivity index (χ1) is 14.0. The van der Waals surface area contributed by atoms with E-state index in [0.29, 0.717) is 32.9 Å². The van der Waals surface area contributed by atoms with Crippen LogP contribution in [0.25, 0.3) is 0 Å². The number of aromatic amines is 1. The Bertz CT molecular complexity index is 1080. The maximum absolute atomic E-state index is 6.20. The summed E-state index contributed by atoms with van der Waals surface area (Å²) in [5.41, 5.74) is 1.67. The Labute approximate surface area is 184 Å². The molecule has 9 heteroatoms. The quantitative estimate of drug-likeness (QED) is 0.354. The summed E-state index contributed by atoms with van der Waals surface area (Å²) in [6.07, 6.45) is 3.44. The maximum atomic E-state index is 6.20. The Kier molecular flexibility index (Phi) is 7.30. The molecule has 0 spiro atoms. The molecule has 0 aliphatic rings. The van der Waals surface area contributed by atoms with Crippen LogP contribution in [-0.2, 0) is 13.0 Å². The molecule has 0 saturated carbocycles. The fourth-order valence-corrected chi connectivity index (χ4v) is 3.29. The van der Waals surface area contributed by atoms with Crippen molar-refractivity contribution in [1.29, 1.82) is 0 Å². The van der Waals surface area contributed by atoms with Gasteiger partial charge in [-0.2, -0.15) is 14.9 Å². The van der Waals surface area contributed by atoms with Gasteiger partial charge >= 0.3 is 0 Å². The summed E-state index contributed by atoms with van der Waals surface area (Å²) in [4.78, 5) is 0. The van der Waals surface area contributed by atoms with Gasteiger partial charge in [0, 0.05) is 22.0 Å². The first kappa shape index (κ1) is 21.4. The van der Waals surface area contributed by atoms with Gasteiger partial charge in [0.05, 0.1) is 13.3 Å². The van der Waals surface area contributed by atoms with Crippen molar-refractivity contribution in [3.05, 3.63) is 68.2 Å². The predicted molar refractivity (Wildman–Crippen MR) is 118 cm³/mol. The van der Waals surface area contributed by atoms with E-state index in [1.54, 1.807) is 30.1 Å². The zero-order chi connectivity index (χ0) is 20.8. The summed E-state index contributed by atoms with van der Waals surface area (Å²) in [7, 11) is 1.59. The smallest absolute Gasteiger partial charge is 0.216 e. The fraction of sp³-hybridized carbons (Fsp3) is 0.250. The third-order valence-electron chi connectivity index (χ3n) is 4.10. The number of ether oxygens (including phenoxy) is 2. The number of H-pyrrole nitrogens is 1. The van der Waals surface area contributed by atoms with E-state index in [-0.39, 0.29) is 0 Å². The molecule has 0 amide bonds. The Morgan fingerprint density at radius 1 is 1.21 bits per heavy atom. The highest BCUT2D eigenvalue weighted by Gasteiger charge is 2.08. The SMILES string of the molecule is CCCc1n[nH]c(=S)n1/N=C/c1ccc(OCc2ccc(Cl)cc2Cl)c(OC)c1. The van der Waals surface area contributed by atoms with Crippen molar-refractivity contribution in [1.82, 2.24) is 14.9 Å². The van der Waals surface area contributed by atoms with Crippen molar-refractivity contribution in [2.24, 2.45) is 5.10 Å².